The van der Waals surface area contributed by atoms with E-state index >= 15 is 0 Å². The quantitative estimate of drug-likeness (QED) is 0.676. The smallest absolute Gasteiger partial charge is 0.0580 e. The molecule has 0 radical (unpaired) electrons. The lowest BCUT2D eigenvalue weighted by atomic mass is 9.79. The third-order valence-electron chi connectivity index (χ3n) is 3.07. The van der Waals surface area contributed by atoms with Crippen LogP contribution in [-0.4, -0.2) is 17.8 Å². The van der Waals surface area contributed by atoms with E-state index in [1.807, 2.05) is 0 Å². The lowest BCUT2D eigenvalue weighted by Gasteiger charge is -2.29. The molecule has 1 unspecified atom stereocenters. The molecule has 0 aromatic carbocycles. The Morgan fingerprint density at radius 1 is 1.33 bits per heavy atom. The molecule has 0 amide bonds. The maximum atomic E-state index is 9.68. The standard InChI is InChI=1S/C10H21NO/c1-8-2-4-9(5-3-8)10(12)6-7-11/h8-10,12H,2-7,11H2,1H3. The monoisotopic (exact) mass is 171 g/mol. The minimum atomic E-state index is -0.137. The van der Waals surface area contributed by atoms with Gasteiger partial charge in [0.15, 0.2) is 0 Å². The average Bonchev–Trinajstić information content (AvgIpc) is 2.06. The van der Waals surface area contributed by atoms with Crippen molar-refractivity contribution in [3.63, 3.8) is 0 Å². The Bertz CT molecular complexity index is 119. The predicted molar refractivity (Wildman–Crippen MR) is 50.8 cm³/mol. The van der Waals surface area contributed by atoms with E-state index in [9.17, 15) is 5.11 Å². The van der Waals surface area contributed by atoms with Crippen LogP contribution >= 0.6 is 0 Å². The van der Waals surface area contributed by atoms with E-state index in [-0.39, 0.29) is 6.10 Å². The maximum Gasteiger partial charge on any atom is 0.0580 e. The van der Waals surface area contributed by atoms with Crippen molar-refractivity contribution < 1.29 is 5.11 Å². The molecule has 0 aromatic rings. The van der Waals surface area contributed by atoms with E-state index in [1.165, 1.54) is 25.7 Å². The highest BCUT2D eigenvalue weighted by Crippen LogP contribution is 2.31. The second kappa shape index (κ2) is 4.83. The summed E-state index contributed by atoms with van der Waals surface area (Å²) in [6.07, 6.45) is 5.60. The normalized spacial score (nSPS) is 33.2. The zero-order valence-corrected chi connectivity index (χ0v) is 8.00. The Balaban J connectivity index is 2.24. The zero-order valence-electron chi connectivity index (χ0n) is 8.00. The highest BCUT2D eigenvalue weighted by Gasteiger charge is 2.23. The molecule has 1 aliphatic rings. The van der Waals surface area contributed by atoms with Crippen LogP contribution in [-0.2, 0) is 0 Å². The van der Waals surface area contributed by atoms with Crippen LogP contribution in [0.25, 0.3) is 0 Å². The van der Waals surface area contributed by atoms with Gasteiger partial charge in [0.2, 0.25) is 0 Å². The minimum absolute atomic E-state index is 0.137. The van der Waals surface area contributed by atoms with Crippen molar-refractivity contribution in [2.45, 2.75) is 45.1 Å². The van der Waals surface area contributed by atoms with Crippen LogP contribution < -0.4 is 5.73 Å². The lowest BCUT2D eigenvalue weighted by Crippen LogP contribution is -2.27. The van der Waals surface area contributed by atoms with Gasteiger partial charge in [0.1, 0.15) is 0 Å². The Morgan fingerprint density at radius 2 is 1.92 bits per heavy atom. The number of aliphatic hydroxyl groups excluding tert-OH is 1. The fourth-order valence-electron chi connectivity index (χ4n) is 2.08. The van der Waals surface area contributed by atoms with Gasteiger partial charge < -0.3 is 10.8 Å². The van der Waals surface area contributed by atoms with Crippen molar-refractivity contribution in [3.05, 3.63) is 0 Å². The van der Waals surface area contributed by atoms with E-state index in [0.717, 1.165) is 12.3 Å². The number of aliphatic hydroxyl groups is 1. The van der Waals surface area contributed by atoms with Crippen molar-refractivity contribution in [1.82, 2.24) is 0 Å². The summed E-state index contributed by atoms with van der Waals surface area (Å²) in [7, 11) is 0. The van der Waals surface area contributed by atoms with Gasteiger partial charge in [-0.1, -0.05) is 19.8 Å². The van der Waals surface area contributed by atoms with Crippen molar-refractivity contribution in [3.8, 4) is 0 Å². The van der Waals surface area contributed by atoms with E-state index in [4.69, 9.17) is 5.73 Å². The van der Waals surface area contributed by atoms with Crippen LogP contribution in [0, 0.1) is 11.8 Å². The third-order valence-corrected chi connectivity index (χ3v) is 3.07. The number of rotatable bonds is 3. The molecule has 12 heavy (non-hydrogen) atoms. The first-order valence-electron chi connectivity index (χ1n) is 5.12. The van der Waals surface area contributed by atoms with Crippen molar-refractivity contribution in [1.29, 1.82) is 0 Å². The van der Waals surface area contributed by atoms with E-state index in [1.54, 1.807) is 0 Å². The minimum Gasteiger partial charge on any atom is -0.393 e. The zero-order chi connectivity index (χ0) is 8.97. The van der Waals surface area contributed by atoms with Gasteiger partial charge in [-0.3, -0.25) is 0 Å². The highest BCUT2D eigenvalue weighted by atomic mass is 16.3. The molecule has 0 aromatic heterocycles. The third kappa shape index (κ3) is 2.76. The highest BCUT2D eigenvalue weighted by molar-refractivity contribution is 4.75. The average molecular weight is 171 g/mol. The molecule has 1 rings (SSSR count). The second-order valence-electron chi connectivity index (χ2n) is 4.16. The van der Waals surface area contributed by atoms with Crippen LogP contribution in [0.1, 0.15) is 39.0 Å². The molecule has 0 bridgehead atoms. The Morgan fingerprint density at radius 3 is 2.42 bits per heavy atom. The van der Waals surface area contributed by atoms with Crippen molar-refractivity contribution in [2.75, 3.05) is 6.54 Å². The van der Waals surface area contributed by atoms with Crippen molar-refractivity contribution in [2.24, 2.45) is 17.6 Å². The van der Waals surface area contributed by atoms with E-state index < -0.39 is 0 Å². The summed E-state index contributed by atoms with van der Waals surface area (Å²) in [5.74, 6) is 1.40. The molecule has 0 heterocycles. The number of nitrogens with two attached hydrogens (primary N) is 1. The van der Waals surface area contributed by atoms with Gasteiger partial charge in [0, 0.05) is 0 Å². The second-order valence-corrected chi connectivity index (χ2v) is 4.16. The first-order valence-corrected chi connectivity index (χ1v) is 5.12. The van der Waals surface area contributed by atoms with Gasteiger partial charge in [-0.25, -0.2) is 0 Å². The molecule has 2 nitrogen and oxygen atoms in total. The number of hydrogen-bond donors (Lipinski definition) is 2. The van der Waals surface area contributed by atoms with Crippen LogP contribution in [0.4, 0.5) is 0 Å². The summed E-state index contributed by atoms with van der Waals surface area (Å²) < 4.78 is 0. The molecule has 1 saturated carbocycles. The predicted octanol–water partition coefficient (Wildman–Crippen LogP) is 1.52. The molecule has 1 atom stereocenters. The van der Waals surface area contributed by atoms with E-state index in [2.05, 4.69) is 6.92 Å². The van der Waals surface area contributed by atoms with Gasteiger partial charge in [-0.2, -0.15) is 0 Å². The topological polar surface area (TPSA) is 46.2 Å². The Hall–Kier alpha value is -0.0800. The van der Waals surface area contributed by atoms with Gasteiger partial charge in [-0.05, 0) is 37.6 Å². The van der Waals surface area contributed by atoms with Gasteiger partial charge in [-0.15, -0.1) is 0 Å². The lowest BCUT2D eigenvalue weighted by molar-refractivity contribution is 0.0708. The van der Waals surface area contributed by atoms with Crippen LogP contribution in [0.15, 0.2) is 0 Å². The summed E-state index contributed by atoms with van der Waals surface area (Å²) in [5, 5.41) is 9.68. The summed E-state index contributed by atoms with van der Waals surface area (Å²) >= 11 is 0. The summed E-state index contributed by atoms with van der Waals surface area (Å²) in [4.78, 5) is 0. The number of hydrogen-bond acceptors (Lipinski definition) is 2. The summed E-state index contributed by atoms with van der Waals surface area (Å²) in [6.45, 7) is 2.92. The van der Waals surface area contributed by atoms with Crippen LogP contribution in [0.5, 0.6) is 0 Å². The van der Waals surface area contributed by atoms with Gasteiger partial charge in [0.25, 0.3) is 0 Å². The first kappa shape index (κ1) is 10.0. The molecule has 72 valence electrons. The molecule has 0 aliphatic heterocycles. The van der Waals surface area contributed by atoms with Gasteiger partial charge >= 0.3 is 0 Å². The largest absolute Gasteiger partial charge is 0.393 e. The molecule has 0 spiro atoms. The molecule has 1 aliphatic carbocycles. The molecule has 2 heteroatoms. The van der Waals surface area contributed by atoms with Crippen LogP contribution in [0.3, 0.4) is 0 Å². The Kier molecular flexibility index (Phi) is 4.02. The fraction of sp³-hybridized carbons (Fsp3) is 1.00. The van der Waals surface area contributed by atoms with Crippen LogP contribution in [0.2, 0.25) is 0 Å². The molecule has 1 fully saturated rings. The summed E-state index contributed by atoms with van der Waals surface area (Å²) in [5.41, 5.74) is 5.40. The fourth-order valence-corrected chi connectivity index (χ4v) is 2.08. The molecule has 3 N–H and O–H groups in total. The first-order chi connectivity index (χ1) is 5.74. The van der Waals surface area contributed by atoms with Crippen molar-refractivity contribution >= 4 is 0 Å². The Labute approximate surface area is 75.2 Å². The van der Waals surface area contributed by atoms with Gasteiger partial charge in [0.05, 0.1) is 6.10 Å². The van der Waals surface area contributed by atoms with E-state index in [0.29, 0.717) is 12.5 Å². The summed E-state index contributed by atoms with van der Waals surface area (Å²) in [6, 6.07) is 0. The maximum absolute atomic E-state index is 9.68. The molecular weight excluding hydrogens is 150 g/mol. The SMILES string of the molecule is CC1CCC(C(O)CCN)CC1. The molecular formula is C10H21NO. The molecule has 0 saturated heterocycles.